The molecule has 6 heteroatoms. The van der Waals surface area contributed by atoms with Crippen molar-refractivity contribution < 1.29 is 15.1 Å². The van der Waals surface area contributed by atoms with Crippen molar-refractivity contribution in [3.05, 3.63) is 0 Å². The second-order valence-corrected chi connectivity index (χ2v) is 0.346. The number of hydrogen-bond acceptors (Lipinski definition) is 3. The fourth-order valence-electron chi connectivity index (χ4n) is 0. The van der Waals surface area contributed by atoms with Crippen LogP contribution in [0.25, 0.3) is 0 Å². The summed E-state index contributed by atoms with van der Waals surface area (Å²) in [4.78, 5) is 0. The van der Waals surface area contributed by atoms with Crippen molar-refractivity contribution in [2.75, 3.05) is 0 Å². The minimum atomic E-state index is -2.17. The Morgan fingerprint density at radius 2 is 1.00 bits per heavy atom. The van der Waals surface area contributed by atoms with Gasteiger partial charge in [-0.15, -0.1) is 0 Å². The van der Waals surface area contributed by atoms with Gasteiger partial charge in [0.05, 0.1) is 0 Å². The Morgan fingerprint density at radius 1 is 1.00 bits per heavy atom. The molecule has 3 N–H and O–H groups in total. The van der Waals surface area contributed by atoms with E-state index in [1.807, 2.05) is 0 Å². The summed E-state index contributed by atoms with van der Waals surface area (Å²) in [5.41, 5.74) is 0. The Labute approximate surface area is 65.1 Å². The summed E-state index contributed by atoms with van der Waals surface area (Å²) in [6.07, 6.45) is 0. The summed E-state index contributed by atoms with van der Waals surface area (Å²) in [7, 11) is -2.17. The average Bonchev–Trinajstić information content (AvgIpc) is 0.811. The molecule has 0 spiro atoms. The molecule has 0 heterocycles. The summed E-state index contributed by atoms with van der Waals surface area (Å²) in [6.45, 7) is 0. The molecule has 0 saturated heterocycles. The minimum absolute atomic E-state index is 0. The normalized spacial score (nSPS) is 4.50. The Morgan fingerprint density at radius 3 is 1.00 bits per heavy atom. The molecule has 0 aliphatic heterocycles. The van der Waals surface area contributed by atoms with Gasteiger partial charge >= 0.3 is 50.1 Å². The molecule has 0 radical (unpaired) electrons. The van der Waals surface area contributed by atoms with Crippen LogP contribution in [0.15, 0.2) is 0 Å². The molecule has 0 atom stereocenters. The predicted octanol–water partition coefficient (Wildman–Crippen LogP) is -4.15. The zero-order valence-corrected chi connectivity index (χ0v) is 1.92. The van der Waals surface area contributed by atoms with Crippen LogP contribution < -0.4 is 0 Å². The van der Waals surface area contributed by atoms with Gasteiger partial charge in [-0.3, -0.25) is 0 Å². The Balaban J connectivity index is -0.0000000450. The van der Waals surface area contributed by atoms with Crippen molar-refractivity contribution in [2.24, 2.45) is 0 Å². The molecular formula is H8BLiO3Sn. The van der Waals surface area contributed by atoms with Crippen LogP contribution in [0.4, 0.5) is 0 Å². The Kier molecular flexibility index (Phi) is 25.1. The molecule has 0 fully saturated rings. The molecule has 0 aromatic heterocycles. The molecule has 6 heavy (non-hydrogen) atoms. The third-order valence-electron chi connectivity index (χ3n) is 0. The molecule has 0 aromatic rings. The monoisotopic (exact) mass is 194 g/mol. The number of rotatable bonds is 0. The summed E-state index contributed by atoms with van der Waals surface area (Å²) < 4.78 is 0. The van der Waals surface area contributed by atoms with E-state index in [2.05, 4.69) is 0 Å². The van der Waals surface area contributed by atoms with E-state index in [0.717, 1.165) is 0 Å². The van der Waals surface area contributed by atoms with Crippen LogP contribution in [0.2, 0.25) is 0 Å². The maximum absolute atomic E-state index is 7.17. The first kappa shape index (κ1) is 15.7. The van der Waals surface area contributed by atoms with E-state index >= 15 is 0 Å². The predicted molar refractivity (Wildman–Crippen MR) is 30.9 cm³/mol. The summed E-state index contributed by atoms with van der Waals surface area (Å²) >= 11 is 0. The van der Waals surface area contributed by atoms with Crippen LogP contribution in [0.1, 0.15) is 0 Å². The molecule has 0 amide bonds. The van der Waals surface area contributed by atoms with Crippen LogP contribution in [0.3, 0.4) is 0 Å². The van der Waals surface area contributed by atoms with E-state index in [0.29, 0.717) is 0 Å². The molecule has 0 aliphatic carbocycles. The van der Waals surface area contributed by atoms with E-state index in [4.69, 9.17) is 15.1 Å². The van der Waals surface area contributed by atoms with E-state index < -0.39 is 7.32 Å². The maximum atomic E-state index is 7.17. The molecule has 34 valence electrons. The van der Waals surface area contributed by atoms with Gasteiger partial charge in [0.1, 0.15) is 0 Å². The van der Waals surface area contributed by atoms with Crippen molar-refractivity contribution in [1.82, 2.24) is 0 Å². The number of hydrogen-bond donors (Lipinski definition) is 3. The van der Waals surface area contributed by atoms with Gasteiger partial charge in [-0.05, 0) is 0 Å². The quantitative estimate of drug-likeness (QED) is 0.342. The van der Waals surface area contributed by atoms with Crippen molar-refractivity contribution >= 4 is 50.1 Å². The first-order chi connectivity index (χ1) is 1.73. The van der Waals surface area contributed by atoms with Crippen molar-refractivity contribution in [1.29, 1.82) is 0 Å². The van der Waals surface area contributed by atoms with Gasteiger partial charge in [0, 0.05) is 0 Å². The van der Waals surface area contributed by atoms with Gasteiger partial charge in [-0.2, -0.15) is 0 Å². The molecule has 0 rings (SSSR count). The summed E-state index contributed by atoms with van der Waals surface area (Å²) in [6, 6.07) is 0. The Bertz CT molecular complexity index is 15.5. The van der Waals surface area contributed by atoms with Gasteiger partial charge in [0.2, 0.25) is 0 Å². The molecule has 0 bridgehead atoms. The zero-order valence-electron chi connectivity index (χ0n) is 1.92. The fourth-order valence-corrected chi connectivity index (χ4v) is 0. The van der Waals surface area contributed by atoms with Gasteiger partial charge < -0.3 is 15.1 Å². The van der Waals surface area contributed by atoms with E-state index in [1.165, 1.54) is 0 Å². The fraction of sp³-hybridized carbons (Fsp3) is 0. The van der Waals surface area contributed by atoms with Crippen LogP contribution >= 0.6 is 0 Å². The van der Waals surface area contributed by atoms with E-state index in [1.54, 1.807) is 0 Å². The topological polar surface area (TPSA) is 60.7 Å². The third kappa shape index (κ3) is 56.0. The average molecular weight is 193 g/mol. The SMILES string of the molecule is OB(O)O.[LiH].[SnH4]. The zero-order chi connectivity index (χ0) is 3.58. The van der Waals surface area contributed by atoms with Gasteiger partial charge in [0.15, 0.2) is 0 Å². The van der Waals surface area contributed by atoms with E-state index in [-0.39, 0.29) is 42.8 Å². The summed E-state index contributed by atoms with van der Waals surface area (Å²) in [5, 5.41) is 21.5. The molecule has 0 unspecified atom stereocenters. The third-order valence-corrected chi connectivity index (χ3v) is 0. The van der Waals surface area contributed by atoms with Crippen molar-refractivity contribution in [2.45, 2.75) is 0 Å². The first-order valence-electron chi connectivity index (χ1n) is 0.775. The Hall–Kier alpha value is 1.34. The van der Waals surface area contributed by atoms with E-state index in [9.17, 15) is 0 Å². The molecule has 3 nitrogen and oxygen atoms in total. The van der Waals surface area contributed by atoms with Crippen LogP contribution in [-0.4, -0.2) is 65.2 Å². The molecule has 0 aliphatic rings. The van der Waals surface area contributed by atoms with Crippen molar-refractivity contribution in [3.63, 3.8) is 0 Å². The van der Waals surface area contributed by atoms with Crippen LogP contribution in [0, 0.1) is 0 Å². The molecule has 0 aromatic carbocycles. The summed E-state index contributed by atoms with van der Waals surface area (Å²) in [5.74, 6) is 0. The van der Waals surface area contributed by atoms with Gasteiger partial charge in [0.25, 0.3) is 0 Å². The van der Waals surface area contributed by atoms with Crippen LogP contribution in [0.5, 0.6) is 0 Å². The standard InChI is InChI=1S/BH3O3.Li.Sn.5H/c2-1(3)4;;;;;;;/h2-4H;;;;;;;. The molecular weight excluding hydrogens is 184 g/mol. The van der Waals surface area contributed by atoms with Crippen molar-refractivity contribution in [3.8, 4) is 0 Å². The van der Waals surface area contributed by atoms with Gasteiger partial charge in [-0.25, -0.2) is 0 Å². The first-order valence-corrected chi connectivity index (χ1v) is 0.775. The second-order valence-electron chi connectivity index (χ2n) is 0.346. The van der Waals surface area contributed by atoms with Crippen LogP contribution in [-0.2, 0) is 0 Å². The second kappa shape index (κ2) is 9.60. The van der Waals surface area contributed by atoms with Gasteiger partial charge in [-0.1, -0.05) is 0 Å². The molecule has 0 saturated carbocycles.